The van der Waals surface area contributed by atoms with Gasteiger partial charge in [-0.3, -0.25) is 0 Å². The Morgan fingerprint density at radius 1 is 1.30 bits per heavy atom. The van der Waals surface area contributed by atoms with Crippen molar-refractivity contribution < 1.29 is 16.8 Å². The van der Waals surface area contributed by atoms with E-state index in [1.807, 2.05) is 0 Å². The minimum atomic E-state index is -3.66. The summed E-state index contributed by atoms with van der Waals surface area (Å²) in [5, 5.41) is 0. The highest BCUT2D eigenvalue weighted by molar-refractivity contribution is 7.92. The van der Waals surface area contributed by atoms with Crippen molar-refractivity contribution in [2.75, 3.05) is 18.1 Å². The Kier molecular flexibility index (Phi) is 4.44. The molecule has 1 heterocycles. The van der Waals surface area contributed by atoms with Crippen molar-refractivity contribution in [3.63, 3.8) is 0 Å². The summed E-state index contributed by atoms with van der Waals surface area (Å²) in [4.78, 5) is 0.164. The Morgan fingerprint density at radius 2 is 1.90 bits per heavy atom. The molecule has 1 unspecified atom stereocenters. The van der Waals surface area contributed by atoms with Gasteiger partial charge in [0.15, 0.2) is 9.84 Å². The first-order valence-electron chi connectivity index (χ1n) is 6.13. The number of alkyl halides is 1. The molecule has 1 saturated heterocycles. The molecule has 1 aromatic carbocycles. The van der Waals surface area contributed by atoms with E-state index in [0.717, 1.165) is 5.56 Å². The summed E-state index contributed by atoms with van der Waals surface area (Å²) in [6, 6.07) is 5.77. The summed E-state index contributed by atoms with van der Waals surface area (Å²) in [6.45, 7) is 1.62. The van der Waals surface area contributed by atoms with Crippen LogP contribution in [0.15, 0.2) is 29.2 Å². The van der Waals surface area contributed by atoms with Gasteiger partial charge in [0.25, 0.3) is 0 Å². The van der Waals surface area contributed by atoms with Crippen molar-refractivity contribution >= 4 is 31.5 Å². The van der Waals surface area contributed by atoms with Gasteiger partial charge in [-0.15, -0.1) is 11.6 Å². The number of rotatable bonds is 3. The molecular weight excluding hydrogens is 322 g/mol. The average molecular weight is 338 g/mol. The Morgan fingerprint density at radius 3 is 2.40 bits per heavy atom. The van der Waals surface area contributed by atoms with Crippen molar-refractivity contribution in [2.45, 2.75) is 23.7 Å². The topological polar surface area (TPSA) is 71.5 Å². The van der Waals surface area contributed by atoms with E-state index in [1.54, 1.807) is 19.1 Å². The number of halogens is 1. The van der Waals surface area contributed by atoms with Gasteiger partial charge in [0.2, 0.25) is 10.0 Å². The molecule has 0 aliphatic carbocycles. The lowest BCUT2D eigenvalue weighted by atomic mass is 10.2. The average Bonchev–Trinajstić information content (AvgIpc) is 2.37. The Balaban J connectivity index is 2.30. The fourth-order valence-corrected chi connectivity index (χ4v) is 5.80. The van der Waals surface area contributed by atoms with Gasteiger partial charge in [-0.05, 0) is 24.6 Å². The van der Waals surface area contributed by atoms with E-state index in [1.165, 1.54) is 16.4 Å². The van der Waals surface area contributed by atoms with E-state index >= 15 is 0 Å². The molecule has 112 valence electrons. The summed E-state index contributed by atoms with van der Waals surface area (Å²) < 4.78 is 49.3. The monoisotopic (exact) mass is 337 g/mol. The number of hydrogen-bond acceptors (Lipinski definition) is 4. The highest BCUT2D eigenvalue weighted by Crippen LogP contribution is 2.22. The third-order valence-corrected chi connectivity index (χ3v) is 7.42. The van der Waals surface area contributed by atoms with Crippen molar-refractivity contribution in [3.8, 4) is 0 Å². The van der Waals surface area contributed by atoms with Gasteiger partial charge >= 0.3 is 0 Å². The molecule has 1 fully saturated rings. The van der Waals surface area contributed by atoms with Gasteiger partial charge in [-0.2, -0.15) is 4.31 Å². The summed E-state index contributed by atoms with van der Waals surface area (Å²) in [5.74, 6) is 0.0566. The van der Waals surface area contributed by atoms with Crippen LogP contribution in [0.4, 0.5) is 0 Å². The maximum atomic E-state index is 12.5. The van der Waals surface area contributed by atoms with E-state index in [4.69, 9.17) is 11.6 Å². The van der Waals surface area contributed by atoms with Crippen molar-refractivity contribution in [3.05, 3.63) is 29.8 Å². The van der Waals surface area contributed by atoms with Crippen molar-refractivity contribution in [2.24, 2.45) is 0 Å². The second kappa shape index (κ2) is 5.63. The zero-order valence-electron chi connectivity index (χ0n) is 11.0. The smallest absolute Gasteiger partial charge is 0.229 e. The van der Waals surface area contributed by atoms with Gasteiger partial charge < -0.3 is 0 Å². The van der Waals surface area contributed by atoms with Crippen molar-refractivity contribution in [1.29, 1.82) is 0 Å². The van der Waals surface area contributed by atoms with Gasteiger partial charge in [-0.1, -0.05) is 12.1 Å². The summed E-state index contributed by atoms with van der Waals surface area (Å²) >= 11 is 5.67. The molecule has 0 aromatic heterocycles. The number of sulfonamides is 1. The van der Waals surface area contributed by atoms with Gasteiger partial charge in [-0.25, -0.2) is 16.8 Å². The van der Waals surface area contributed by atoms with E-state index in [2.05, 4.69) is 0 Å². The van der Waals surface area contributed by atoms with E-state index in [0.29, 0.717) is 5.88 Å². The fourth-order valence-electron chi connectivity index (χ4n) is 2.23. The van der Waals surface area contributed by atoms with E-state index < -0.39 is 25.9 Å². The predicted octanol–water partition coefficient (Wildman–Crippen LogP) is 1.23. The first-order chi connectivity index (χ1) is 9.26. The van der Waals surface area contributed by atoms with Crippen LogP contribution in [-0.4, -0.2) is 45.2 Å². The molecule has 20 heavy (non-hydrogen) atoms. The molecular formula is C12H16ClNO4S2. The quantitative estimate of drug-likeness (QED) is 0.778. The lowest BCUT2D eigenvalue weighted by molar-refractivity contribution is 0.357. The fraction of sp³-hybridized carbons (Fsp3) is 0.500. The van der Waals surface area contributed by atoms with Crippen molar-refractivity contribution in [1.82, 2.24) is 4.31 Å². The van der Waals surface area contributed by atoms with Gasteiger partial charge in [0.05, 0.1) is 16.4 Å². The zero-order chi connectivity index (χ0) is 15.0. The maximum absolute atomic E-state index is 12.5. The molecule has 0 bridgehead atoms. The summed E-state index contributed by atoms with van der Waals surface area (Å²) in [6.07, 6.45) is 0. The Bertz CT molecular complexity index is 683. The van der Waals surface area contributed by atoms with Gasteiger partial charge in [0, 0.05) is 18.5 Å². The lowest BCUT2D eigenvalue weighted by Crippen LogP contribution is -2.49. The molecule has 0 saturated carbocycles. The number of nitrogens with zero attached hydrogens (tertiary/aromatic N) is 1. The predicted molar refractivity (Wildman–Crippen MR) is 78.0 cm³/mol. The number of hydrogen-bond donors (Lipinski definition) is 0. The summed E-state index contributed by atoms with van der Waals surface area (Å²) in [7, 11) is -6.80. The van der Waals surface area contributed by atoms with Crippen LogP contribution in [0.1, 0.15) is 12.5 Å². The Labute approximate surface area is 124 Å². The molecule has 1 aliphatic rings. The van der Waals surface area contributed by atoms with E-state index in [-0.39, 0.29) is 22.9 Å². The highest BCUT2D eigenvalue weighted by atomic mass is 35.5. The largest absolute Gasteiger partial charge is 0.243 e. The number of sulfone groups is 1. The lowest BCUT2D eigenvalue weighted by Gasteiger charge is -2.32. The highest BCUT2D eigenvalue weighted by Gasteiger charge is 2.36. The molecule has 1 aliphatic heterocycles. The zero-order valence-corrected chi connectivity index (χ0v) is 13.4. The van der Waals surface area contributed by atoms with Crippen LogP contribution in [0.3, 0.4) is 0 Å². The first kappa shape index (κ1) is 15.8. The first-order valence-corrected chi connectivity index (χ1v) is 9.93. The third-order valence-electron chi connectivity index (χ3n) is 3.29. The minimum absolute atomic E-state index is 0.00307. The molecule has 1 aromatic rings. The van der Waals surface area contributed by atoms with Crippen LogP contribution in [-0.2, 0) is 25.7 Å². The van der Waals surface area contributed by atoms with Crippen LogP contribution >= 0.6 is 11.6 Å². The number of benzene rings is 1. The molecule has 2 rings (SSSR count). The second-order valence-corrected chi connectivity index (χ2v) is 9.24. The van der Waals surface area contributed by atoms with Crippen LogP contribution in [0.5, 0.6) is 0 Å². The maximum Gasteiger partial charge on any atom is 0.243 e. The van der Waals surface area contributed by atoms with E-state index in [9.17, 15) is 16.8 Å². The molecule has 5 nitrogen and oxygen atoms in total. The molecule has 0 radical (unpaired) electrons. The molecule has 0 spiro atoms. The molecule has 1 atom stereocenters. The summed E-state index contributed by atoms with van der Waals surface area (Å²) in [5.41, 5.74) is 0.833. The molecule has 0 amide bonds. The van der Waals surface area contributed by atoms with Crippen LogP contribution in [0, 0.1) is 0 Å². The Hall–Kier alpha value is -0.630. The minimum Gasteiger partial charge on any atom is -0.229 e. The normalized spacial score (nSPS) is 23.6. The molecule has 8 heteroatoms. The third kappa shape index (κ3) is 3.16. The van der Waals surface area contributed by atoms with Crippen LogP contribution in [0.2, 0.25) is 0 Å². The SMILES string of the molecule is CC1CS(=O)(=O)CCN1S(=O)(=O)c1ccc(CCl)cc1. The van der Waals surface area contributed by atoms with Crippen LogP contribution < -0.4 is 0 Å². The standard InChI is InChI=1S/C12H16ClNO4S2/c1-10-9-19(15,16)7-6-14(10)20(17,18)12-4-2-11(8-13)3-5-12/h2-5,10H,6-9H2,1H3. The second-order valence-electron chi connectivity index (χ2n) is 4.86. The van der Waals surface area contributed by atoms with Gasteiger partial charge in [0.1, 0.15) is 0 Å². The van der Waals surface area contributed by atoms with Crippen LogP contribution in [0.25, 0.3) is 0 Å². The molecule has 0 N–H and O–H groups in total.